The zero-order valence-corrected chi connectivity index (χ0v) is 13.7. The third kappa shape index (κ3) is 5.42. The summed E-state index contributed by atoms with van der Waals surface area (Å²) in [5.41, 5.74) is 1.13. The largest absolute Gasteiger partial charge is 0.378 e. The monoisotopic (exact) mass is 300 g/mol. The van der Waals surface area contributed by atoms with Crippen molar-refractivity contribution in [3.8, 4) is 0 Å². The molecule has 1 saturated carbocycles. The molecule has 1 fully saturated rings. The van der Waals surface area contributed by atoms with Gasteiger partial charge in [-0.2, -0.15) is 11.8 Å². The molecule has 3 nitrogen and oxygen atoms in total. The first-order valence-electron chi connectivity index (χ1n) is 6.96. The summed E-state index contributed by atoms with van der Waals surface area (Å²) >= 11 is 3.82. The van der Waals surface area contributed by atoms with Crippen LogP contribution in [-0.2, 0) is 23.6 Å². The fraction of sp³-hybridized carbons (Fsp3) is 0.786. The Labute approximate surface area is 124 Å². The Hall–Kier alpha value is -0.100. The number of nitrogens with one attached hydrogen (secondary N) is 1. The molecule has 1 aliphatic carbocycles. The molecule has 0 amide bonds. The Balaban J connectivity index is 1.88. The minimum atomic E-state index is 0.632. The van der Waals surface area contributed by atoms with Crippen molar-refractivity contribution in [2.24, 2.45) is 5.92 Å². The van der Waals surface area contributed by atoms with Crippen molar-refractivity contribution in [1.82, 2.24) is 10.3 Å². The Morgan fingerprint density at radius 1 is 1.47 bits per heavy atom. The van der Waals surface area contributed by atoms with Crippen LogP contribution in [0.5, 0.6) is 0 Å². The highest BCUT2D eigenvalue weighted by Gasteiger charge is 2.21. The van der Waals surface area contributed by atoms with E-state index in [9.17, 15) is 0 Å². The maximum absolute atomic E-state index is 5.26. The van der Waals surface area contributed by atoms with E-state index >= 15 is 0 Å². The molecule has 0 radical (unpaired) electrons. The molecule has 1 aliphatic rings. The molecule has 0 aromatic carbocycles. The fourth-order valence-electron chi connectivity index (χ4n) is 1.79. The molecule has 5 heteroatoms. The fourth-order valence-corrected chi connectivity index (χ4v) is 3.92. The second kappa shape index (κ2) is 7.62. The van der Waals surface area contributed by atoms with E-state index in [2.05, 4.69) is 19.2 Å². The number of rotatable bonds is 9. The van der Waals surface area contributed by atoms with E-state index < -0.39 is 0 Å². The third-order valence-corrected chi connectivity index (χ3v) is 5.57. The summed E-state index contributed by atoms with van der Waals surface area (Å²) in [4.78, 5) is 6.08. The second-order valence-corrected chi connectivity index (χ2v) is 7.67. The number of methoxy groups -OCH3 is 1. The number of nitrogens with zero attached hydrogens (tertiary/aromatic N) is 1. The highest BCUT2D eigenvalue weighted by molar-refractivity contribution is 7.98. The van der Waals surface area contributed by atoms with Gasteiger partial charge < -0.3 is 10.1 Å². The first kappa shape index (κ1) is 15.3. The summed E-state index contributed by atoms with van der Waals surface area (Å²) in [6.45, 7) is 6.11. The summed E-state index contributed by atoms with van der Waals surface area (Å²) in [7, 11) is 1.74. The van der Waals surface area contributed by atoms with Gasteiger partial charge in [0.15, 0.2) is 0 Å². The predicted molar refractivity (Wildman–Crippen MR) is 83.7 cm³/mol. The minimum absolute atomic E-state index is 0.632. The van der Waals surface area contributed by atoms with E-state index in [-0.39, 0.29) is 0 Å². The van der Waals surface area contributed by atoms with Gasteiger partial charge in [0.25, 0.3) is 0 Å². The van der Waals surface area contributed by atoms with Crippen LogP contribution in [-0.4, -0.2) is 23.9 Å². The third-order valence-electron chi connectivity index (χ3n) is 2.91. The van der Waals surface area contributed by atoms with Crippen LogP contribution in [0.2, 0.25) is 0 Å². The van der Waals surface area contributed by atoms with E-state index in [0.29, 0.717) is 6.61 Å². The molecular formula is C14H24N2OS2. The van der Waals surface area contributed by atoms with Gasteiger partial charge in [0, 0.05) is 30.3 Å². The molecule has 1 aromatic rings. The molecule has 0 saturated heterocycles. The van der Waals surface area contributed by atoms with Gasteiger partial charge in [-0.25, -0.2) is 4.98 Å². The van der Waals surface area contributed by atoms with E-state index in [0.717, 1.165) is 30.0 Å². The van der Waals surface area contributed by atoms with Crippen molar-refractivity contribution in [1.29, 1.82) is 0 Å². The average Bonchev–Trinajstić information content (AvgIpc) is 3.10. The van der Waals surface area contributed by atoms with Crippen molar-refractivity contribution >= 4 is 23.1 Å². The van der Waals surface area contributed by atoms with Gasteiger partial charge >= 0.3 is 0 Å². The van der Waals surface area contributed by atoms with Gasteiger partial charge in [-0.3, -0.25) is 0 Å². The van der Waals surface area contributed by atoms with Crippen LogP contribution < -0.4 is 5.32 Å². The van der Waals surface area contributed by atoms with Gasteiger partial charge in [-0.05, 0) is 24.5 Å². The van der Waals surface area contributed by atoms with E-state index in [1.54, 1.807) is 7.11 Å². The number of thiazole rings is 1. The molecule has 2 rings (SSSR count). The lowest BCUT2D eigenvalue weighted by atomic mass is 10.3. The quantitative estimate of drug-likeness (QED) is 0.757. The van der Waals surface area contributed by atoms with Crippen LogP contribution in [0, 0.1) is 5.92 Å². The summed E-state index contributed by atoms with van der Waals surface area (Å²) in [6.07, 6.45) is 2.66. The maximum Gasteiger partial charge on any atom is 0.103 e. The zero-order valence-electron chi connectivity index (χ0n) is 12.1. The van der Waals surface area contributed by atoms with Crippen molar-refractivity contribution in [3.05, 3.63) is 15.6 Å². The lowest BCUT2D eigenvalue weighted by Gasteiger charge is -2.02. The molecular weight excluding hydrogens is 276 g/mol. The Morgan fingerprint density at radius 3 is 2.89 bits per heavy atom. The highest BCUT2D eigenvalue weighted by Crippen LogP contribution is 2.26. The molecule has 1 heterocycles. The van der Waals surface area contributed by atoms with Crippen molar-refractivity contribution in [2.75, 3.05) is 12.9 Å². The van der Waals surface area contributed by atoms with Crippen molar-refractivity contribution in [3.63, 3.8) is 0 Å². The SMILES string of the molecule is COCc1nc(CSCC(C)C)sc1CNC1CC1. The Morgan fingerprint density at radius 2 is 2.26 bits per heavy atom. The van der Waals surface area contributed by atoms with Crippen LogP contribution in [0.4, 0.5) is 0 Å². The topological polar surface area (TPSA) is 34.1 Å². The van der Waals surface area contributed by atoms with Crippen LogP contribution in [0.3, 0.4) is 0 Å². The predicted octanol–water partition coefficient (Wildman–Crippen LogP) is 3.43. The zero-order chi connectivity index (χ0) is 13.7. The van der Waals surface area contributed by atoms with Gasteiger partial charge in [0.05, 0.1) is 12.3 Å². The second-order valence-electron chi connectivity index (χ2n) is 5.47. The minimum Gasteiger partial charge on any atom is -0.378 e. The number of aromatic nitrogens is 1. The molecule has 1 N–H and O–H groups in total. The normalized spacial score (nSPS) is 15.4. The molecule has 0 unspecified atom stereocenters. The summed E-state index contributed by atoms with van der Waals surface area (Å²) in [5.74, 6) is 2.98. The highest BCUT2D eigenvalue weighted by atomic mass is 32.2. The lowest BCUT2D eigenvalue weighted by molar-refractivity contribution is 0.181. The molecule has 19 heavy (non-hydrogen) atoms. The summed E-state index contributed by atoms with van der Waals surface area (Å²) < 4.78 is 5.26. The number of thioether (sulfide) groups is 1. The smallest absolute Gasteiger partial charge is 0.103 e. The molecule has 0 spiro atoms. The Bertz CT molecular complexity index is 389. The van der Waals surface area contributed by atoms with E-state index in [4.69, 9.17) is 9.72 Å². The Kier molecular flexibility index (Phi) is 6.13. The summed E-state index contributed by atoms with van der Waals surface area (Å²) in [5, 5.41) is 4.81. The molecule has 1 aromatic heterocycles. The van der Waals surface area contributed by atoms with Gasteiger partial charge in [0.2, 0.25) is 0 Å². The number of ether oxygens (including phenoxy) is 1. The standard InChI is InChI=1S/C14H24N2OS2/c1-10(2)8-18-9-14-16-12(7-17-3)13(19-14)6-15-11-4-5-11/h10-11,15H,4-9H2,1-3H3. The average molecular weight is 300 g/mol. The van der Waals surface area contributed by atoms with Gasteiger partial charge in [-0.1, -0.05) is 13.8 Å². The van der Waals surface area contributed by atoms with Gasteiger partial charge in [0.1, 0.15) is 5.01 Å². The molecule has 0 bridgehead atoms. The first-order valence-corrected chi connectivity index (χ1v) is 8.93. The lowest BCUT2D eigenvalue weighted by Crippen LogP contribution is -2.15. The molecule has 108 valence electrons. The first-order chi connectivity index (χ1) is 9.19. The number of hydrogen-bond donors (Lipinski definition) is 1. The van der Waals surface area contributed by atoms with Crippen molar-refractivity contribution in [2.45, 2.75) is 51.6 Å². The van der Waals surface area contributed by atoms with Crippen molar-refractivity contribution < 1.29 is 4.74 Å². The van der Waals surface area contributed by atoms with E-state index in [1.165, 1.54) is 28.5 Å². The molecule has 0 aliphatic heterocycles. The van der Waals surface area contributed by atoms with Crippen LogP contribution in [0.1, 0.15) is 42.3 Å². The molecule has 0 atom stereocenters. The van der Waals surface area contributed by atoms with Crippen LogP contribution in [0.15, 0.2) is 0 Å². The van der Waals surface area contributed by atoms with Crippen LogP contribution in [0.25, 0.3) is 0 Å². The number of hydrogen-bond acceptors (Lipinski definition) is 5. The van der Waals surface area contributed by atoms with Gasteiger partial charge in [-0.15, -0.1) is 11.3 Å². The summed E-state index contributed by atoms with van der Waals surface area (Å²) in [6, 6.07) is 0.747. The van der Waals surface area contributed by atoms with Crippen LogP contribution >= 0.6 is 23.1 Å². The maximum atomic E-state index is 5.26. The van der Waals surface area contributed by atoms with E-state index in [1.807, 2.05) is 23.1 Å².